The lowest BCUT2D eigenvalue weighted by atomic mass is 10.1. The van der Waals surface area contributed by atoms with Crippen molar-refractivity contribution in [2.24, 2.45) is 11.8 Å². The highest BCUT2D eigenvalue weighted by Gasteiger charge is 2.42. The van der Waals surface area contributed by atoms with Gasteiger partial charge in [0, 0.05) is 37.0 Å². The number of nitrogens with zero attached hydrogens (tertiary/aromatic N) is 4. The van der Waals surface area contributed by atoms with E-state index in [2.05, 4.69) is 26.7 Å². The van der Waals surface area contributed by atoms with Gasteiger partial charge in [-0.2, -0.15) is 0 Å². The van der Waals surface area contributed by atoms with Crippen LogP contribution in [0.2, 0.25) is 0 Å². The molecule has 2 aliphatic carbocycles. The van der Waals surface area contributed by atoms with Crippen LogP contribution in [0.25, 0.3) is 10.2 Å². The molecule has 0 spiro atoms. The molecule has 0 radical (unpaired) electrons. The van der Waals surface area contributed by atoms with Crippen LogP contribution in [-0.2, 0) is 17.6 Å². The molecule has 3 aliphatic rings. The van der Waals surface area contributed by atoms with Crippen molar-refractivity contribution in [1.29, 1.82) is 0 Å². The summed E-state index contributed by atoms with van der Waals surface area (Å²) in [5.41, 5.74) is 1.48. The Labute approximate surface area is 145 Å². The van der Waals surface area contributed by atoms with Crippen LogP contribution < -0.4 is 4.90 Å². The first-order valence-electron chi connectivity index (χ1n) is 9.01. The summed E-state index contributed by atoms with van der Waals surface area (Å²) >= 11 is 1.84. The first-order valence-corrected chi connectivity index (χ1v) is 9.83. The van der Waals surface area contributed by atoms with Gasteiger partial charge in [0.25, 0.3) is 0 Å². The van der Waals surface area contributed by atoms with E-state index in [4.69, 9.17) is 0 Å². The van der Waals surface area contributed by atoms with Gasteiger partial charge in [-0.15, -0.1) is 11.3 Å². The van der Waals surface area contributed by atoms with Crippen LogP contribution in [0.15, 0.2) is 6.33 Å². The molecule has 5 rings (SSSR count). The Morgan fingerprint density at radius 3 is 2.75 bits per heavy atom. The maximum atomic E-state index is 12.4. The van der Waals surface area contributed by atoms with E-state index in [1.165, 1.54) is 28.7 Å². The Kier molecular flexibility index (Phi) is 3.30. The van der Waals surface area contributed by atoms with Gasteiger partial charge < -0.3 is 9.80 Å². The van der Waals surface area contributed by atoms with Gasteiger partial charge in [-0.3, -0.25) is 4.79 Å². The quantitative estimate of drug-likeness (QED) is 0.841. The van der Waals surface area contributed by atoms with Gasteiger partial charge in [-0.1, -0.05) is 6.92 Å². The predicted octanol–water partition coefficient (Wildman–Crippen LogP) is 2.48. The fourth-order valence-electron chi connectivity index (χ4n) is 4.19. The number of piperazine rings is 1. The van der Waals surface area contributed by atoms with E-state index in [0.717, 1.165) is 49.7 Å². The van der Waals surface area contributed by atoms with Crippen molar-refractivity contribution in [2.75, 3.05) is 31.1 Å². The molecule has 24 heavy (non-hydrogen) atoms. The summed E-state index contributed by atoms with van der Waals surface area (Å²) in [6.45, 7) is 5.57. The van der Waals surface area contributed by atoms with Crippen LogP contribution in [0, 0.1) is 11.8 Å². The van der Waals surface area contributed by atoms with Gasteiger partial charge in [0.15, 0.2) is 0 Å². The van der Waals surface area contributed by atoms with E-state index < -0.39 is 0 Å². The second kappa shape index (κ2) is 5.41. The van der Waals surface area contributed by atoms with Crippen LogP contribution in [0.1, 0.15) is 30.2 Å². The Bertz CT molecular complexity index is 809. The van der Waals surface area contributed by atoms with Gasteiger partial charge in [-0.05, 0) is 37.2 Å². The summed E-state index contributed by atoms with van der Waals surface area (Å²) in [5.74, 6) is 2.34. The molecule has 0 bridgehead atoms. The van der Waals surface area contributed by atoms with E-state index in [1.54, 1.807) is 6.33 Å². The fourth-order valence-corrected chi connectivity index (χ4v) is 5.41. The molecule has 2 atom stereocenters. The Morgan fingerprint density at radius 2 is 2.00 bits per heavy atom. The lowest BCUT2D eigenvalue weighted by molar-refractivity contribution is -0.133. The summed E-state index contributed by atoms with van der Waals surface area (Å²) in [4.78, 5) is 28.6. The van der Waals surface area contributed by atoms with Gasteiger partial charge in [0.2, 0.25) is 5.91 Å². The SMILES string of the molecule is C[C@H]1C[C@@H]1C(=O)N1CCN(c2ncnc3sc4c(c23)CCC4)CC1. The van der Waals surface area contributed by atoms with E-state index in [9.17, 15) is 4.79 Å². The number of thiophene rings is 1. The molecule has 1 saturated carbocycles. The van der Waals surface area contributed by atoms with Crippen molar-refractivity contribution in [2.45, 2.75) is 32.6 Å². The van der Waals surface area contributed by atoms with Crippen molar-refractivity contribution >= 4 is 33.3 Å². The summed E-state index contributed by atoms with van der Waals surface area (Å²) in [6.07, 6.45) is 6.39. The molecule has 5 nitrogen and oxygen atoms in total. The van der Waals surface area contributed by atoms with Gasteiger partial charge >= 0.3 is 0 Å². The van der Waals surface area contributed by atoms with Crippen LogP contribution >= 0.6 is 11.3 Å². The van der Waals surface area contributed by atoms with Crippen LogP contribution in [0.4, 0.5) is 5.82 Å². The first kappa shape index (κ1) is 14.6. The average molecular weight is 342 g/mol. The van der Waals surface area contributed by atoms with Crippen molar-refractivity contribution < 1.29 is 4.79 Å². The number of amides is 1. The molecule has 0 aromatic carbocycles. The maximum Gasteiger partial charge on any atom is 0.226 e. The third-order valence-corrected chi connectivity index (χ3v) is 7.00. The zero-order valence-corrected chi connectivity index (χ0v) is 14.8. The van der Waals surface area contributed by atoms with Gasteiger partial charge in [0.1, 0.15) is 17.0 Å². The summed E-state index contributed by atoms with van der Waals surface area (Å²) in [6, 6.07) is 0. The number of hydrogen-bond donors (Lipinski definition) is 0. The van der Waals surface area contributed by atoms with Gasteiger partial charge in [0.05, 0.1) is 5.39 Å². The largest absolute Gasteiger partial charge is 0.352 e. The second-order valence-corrected chi connectivity index (χ2v) is 8.45. The fraction of sp³-hybridized carbons (Fsp3) is 0.611. The van der Waals surface area contributed by atoms with E-state index in [1.807, 2.05) is 11.3 Å². The molecule has 6 heteroatoms. The van der Waals surface area contributed by atoms with Crippen LogP contribution in [-0.4, -0.2) is 47.0 Å². The number of fused-ring (bicyclic) bond motifs is 3. The lowest BCUT2D eigenvalue weighted by Gasteiger charge is -2.36. The standard InChI is InChI=1S/C18H22N4OS/c1-11-9-13(11)18(23)22-7-5-21(6-8-22)16-15-12-3-2-4-14(12)24-17(15)20-10-19-16/h10-11,13H,2-9H2,1H3/t11-,13-/m0/s1. The van der Waals surface area contributed by atoms with Crippen molar-refractivity contribution in [3.63, 3.8) is 0 Å². The topological polar surface area (TPSA) is 49.3 Å². The molecule has 2 aromatic rings. The molecule has 2 fully saturated rings. The van der Waals surface area contributed by atoms with E-state index in [-0.39, 0.29) is 0 Å². The molecule has 1 aliphatic heterocycles. The molecule has 3 heterocycles. The first-order chi connectivity index (χ1) is 11.7. The molecule has 0 N–H and O–H groups in total. The van der Waals surface area contributed by atoms with Crippen LogP contribution in [0.3, 0.4) is 0 Å². The minimum absolute atomic E-state index is 0.294. The number of aryl methyl sites for hydroxylation is 2. The highest BCUT2D eigenvalue weighted by atomic mass is 32.1. The van der Waals surface area contributed by atoms with Gasteiger partial charge in [-0.25, -0.2) is 9.97 Å². The average Bonchev–Trinajstić information content (AvgIpc) is 3.02. The van der Waals surface area contributed by atoms with E-state index in [0.29, 0.717) is 17.7 Å². The summed E-state index contributed by atoms with van der Waals surface area (Å²) in [7, 11) is 0. The minimum atomic E-state index is 0.294. The summed E-state index contributed by atoms with van der Waals surface area (Å²) < 4.78 is 0. The Balaban J connectivity index is 1.38. The zero-order valence-electron chi connectivity index (χ0n) is 14.0. The number of hydrogen-bond acceptors (Lipinski definition) is 5. The Morgan fingerprint density at radius 1 is 1.21 bits per heavy atom. The molecule has 0 unspecified atom stereocenters. The normalized spacial score (nSPS) is 26.0. The molecular weight excluding hydrogens is 320 g/mol. The zero-order chi connectivity index (χ0) is 16.3. The second-order valence-electron chi connectivity index (χ2n) is 7.37. The Hall–Kier alpha value is -1.69. The molecule has 1 saturated heterocycles. The number of rotatable bonds is 2. The molecule has 126 valence electrons. The van der Waals surface area contributed by atoms with Crippen LogP contribution in [0.5, 0.6) is 0 Å². The third kappa shape index (κ3) is 2.23. The number of anilines is 1. The molecule has 1 amide bonds. The number of carbonyl (C=O) groups is 1. The number of carbonyl (C=O) groups excluding carboxylic acids is 1. The van der Waals surface area contributed by atoms with Crippen molar-refractivity contribution in [3.8, 4) is 0 Å². The number of aromatic nitrogens is 2. The molecule has 2 aromatic heterocycles. The molecular formula is C18H22N4OS. The monoisotopic (exact) mass is 342 g/mol. The van der Waals surface area contributed by atoms with E-state index >= 15 is 0 Å². The highest BCUT2D eigenvalue weighted by molar-refractivity contribution is 7.19. The smallest absolute Gasteiger partial charge is 0.226 e. The predicted molar refractivity (Wildman–Crippen MR) is 95.5 cm³/mol. The van der Waals surface area contributed by atoms with Crippen molar-refractivity contribution in [3.05, 3.63) is 16.8 Å². The lowest BCUT2D eigenvalue weighted by Crippen LogP contribution is -2.49. The third-order valence-electron chi connectivity index (χ3n) is 5.80. The maximum absolute atomic E-state index is 12.4. The highest BCUT2D eigenvalue weighted by Crippen LogP contribution is 2.41. The van der Waals surface area contributed by atoms with Crippen molar-refractivity contribution in [1.82, 2.24) is 14.9 Å². The summed E-state index contributed by atoms with van der Waals surface area (Å²) in [5, 5.41) is 1.28. The minimum Gasteiger partial charge on any atom is -0.352 e.